The van der Waals surface area contributed by atoms with Gasteiger partial charge in [0.2, 0.25) is 0 Å². The molecule has 1 heterocycles. The predicted octanol–water partition coefficient (Wildman–Crippen LogP) is 2.76. The molecule has 0 aliphatic heterocycles. The second-order valence-electron chi connectivity index (χ2n) is 5.71. The maximum atomic E-state index is 13.7. The van der Waals surface area contributed by atoms with Crippen LogP contribution < -0.4 is 11.5 Å². The lowest BCUT2D eigenvalue weighted by molar-refractivity contribution is 0.0996. The van der Waals surface area contributed by atoms with Gasteiger partial charge in [0.1, 0.15) is 0 Å². The highest BCUT2D eigenvalue weighted by Gasteiger charge is 2.14. The van der Waals surface area contributed by atoms with E-state index in [0.29, 0.717) is 35.7 Å². The first-order valence-corrected chi connectivity index (χ1v) is 7.75. The SMILES string of the molecule is NC(=O)c1nnc2c(CCCc3cccc(F)c3F)cccc2c1N. The lowest BCUT2D eigenvalue weighted by Crippen LogP contribution is -2.17. The molecule has 0 radical (unpaired) electrons. The lowest BCUT2D eigenvalue weighted by atomic mass is 10.0. The van der Waals surface area contributed by atoms with Crippen LogP contribution in [0, 0.1) is 11.6 Å². The first-order chi connectivity index (χ1) is 12.0. The fourth-order valence-corrected chi connectivity index (χ4v) is 2.80. The number of aryl methyl sites for hydroxylation is 2. The Balaban J connectivity index is 1.83. The fourth-order valence-electron chi connectivity index (χ4n) is 2.80. The summed E-state index contributed by atoms with van der Waals surface area (Å²) >= 11 is 0. The Labute approximate surface area is 142 Å². The van der Waals surface area contributed by atoms with Crippen LogP contribution in [0.15, 0.2) is 36.4 Å². The number of nitrogens with zero attached hydrogens (tertiary/aromatic N) is 2. The van der Waals surface area contributed by atoms with E-state index in [2.05, 4.69) is 10.2 Å². The van der Waals surface area contributed by atoms with Crippen LogP contribution >= 0.6 is 0 Å². The molecule has 128 valence electrons. The number of hydrogen-bond donors (Lipinski definition) is 2. The van der Waals surface area contributed by atoms with E-state index in [1.165, 1.54) is 6.07 Å². The van der Waals surface area contributed by atoms with Gasteiger partial charge in [-0.15, -0.1) is 10.2 Å². The van der Waals surface area contributed by atoms with Crippen molar-refractivity contribution < 1.29 is 13.6 Å². The number of carbonyl (C=O) groups excluding carboxylic acids is 1. The van der Waals surface area contributed by atoms with Crippen molar-refractivity contribution in [2.45, 2.75) is 19.3 Å². The van der Waals surface area contributed by atoms with E-state index >= 15 is 0 Å². The van der Waals surface area contributed by atoms with Gasteiger partial charge in [0.05, 0.1) is 11.2 Å². The molecule has 0 spiro atoms. The minimum Gasteiger partial charge on any atom is -0.396 e. The Kier molecular flexibility index (Phi) is 4.56. The van der Waals surface area contributed by atoms with Gasteiger partial charge >= 0.3 is 0 Å². The van der Waals surface area contributed by atoms with Crippen LogP contribution in [0.3, 0.4) is 0 Å². The van der Waals surface area contributed by atoms with Gasteiger partial charge in [-0.3, -0.25) is 4.79 Å². The number of anilines is 1. The van der Waals surface area contributed by atoms with Gasteiger partial charge in [-0.2, -0.15) is 0 Å². The van der Waals surface area contributed by atoms with Crippen LogP contribution in [0.2, 0.25) is 0 Å². The maximum absolute atomic E-state index is 13.7. The molecule has 3 aromatic rings. The standard InChI is InChI=1S/C18H16F2N4O/c19-13-9-3-5-10(14(13)20)4-1-6-11-7-2-8-12-15(21)17(18(22)25)24-23-16(11)12/h2-3,5,7-9H,1,4,6H2,(H2,21,23)(H2,22,25). The summed E-state index contributed by atoms with van der Waals surface area (Å²) in [6, 6.07) is 9.55. The highest BCUT2D eigenvalue weighted by atomic mass is 19.2. The van der Waals surface area contributed by atoms with Gasteiger partial charge in [0.15, 0.2) is 17.3 Å². The van der Waals surface area contributed by atoms with E-state index in [0.717, 1.165) is 11.6 Å². The molecule has 7 heteroatoms. The topological polar surface area (TPSA) is 94.9 Å². The zero-order valence-corrected chi connectivity index (χ0v) is 13.3. The maximum Gasteiger partial charge on any atom is 0.271 e. The first-order valence-electron chi connectivity index (χ1n) is 7.75. The van der Waals surface area contributed by atoms with E-state index in [-0.39, 0.29) is 11.4 Å². The van der Waals surface area contributed by atoms with Crippen LogP contribution in [-0.2, 0) is 12.8 Å². The van der Waals surface area contributed by atoms with E-state index in [9.17, 15) is 13.6 Å². The summed E-state index contributed by atoms with van der Waals surface area (Å²) in [7, 11) is 0. The molecule has 0 aliphatic rings. The van der Waals surface area contributed by atoms with Crippen LogP contribution in [0.4, 0.5) is 14.5 Å². The summed E-state index contributed by atoms with van der Waals surface area (Å²) in [5.74, 6) is -2.39. The molecule has 0 aliphatic carbocycles. The average Bonchev–Trinajstić information content (AvgIpc) is 2.59. The zero-order valence-electron chi connectivity index (χ0n) is 13.3. The number of primary amides is 1. The van der Waals surface area contributed by atoms with Gasteiger partial charge in [-0.1, -0.05) is 30.3 Å². The molecular formula is C18H16F2N4O. The molecule has 0 saturated carbocycles. The van der Waals surface area contributed by atoms with E-state index < -0.39 is 17.5 Å². The number of nitrogen functional groups attached to an aromatic ring is 1. The molecule has 0 saturated heterocycles. The number of fused-ring (bicyclic) bond motifs is 1. The molecule has 0 fully saturated rings. The third-order valence-corrected chi connectivity index (χ3v) is 4.07. The summed E-state index contributed by atoms with van der Waals surface area (Å²) in [5.41, 5.74) is 13.1. The normalized spacial score (nSPS) is 11.0. The molecule has 3 rings (SSSR count). The second kappa shape index (κ2) is 6.80. The van der Waals surface area contributed by atoms with Gasteiger partial charge in [-0.05, 0) is 36.5 Å². The largest absolute Gasteiger partial charge is 0.396 e. The monoisotopic (exact) mass is 342 g/mol. The third kappa shape index (κ3) is 3.26. The van der Waals surface area contributed by atoms with Crippen molar-refractivity contribution in [3.8, 4) is 0 Å². The number of nitrogens with two attached hydrogens (primary N) is 2. The summed E-state index contributed by atoms with van der Waals surface area (Å²) in [5, 5.41) is 8.45. The molecular weight excluding hydrogens is 326 g/mol. The molecule has 2 aromatic carbocycles. The van der Waals surface area contributed by atoms with E-state index in [1.54, 1.807) is 18.2 Å². The highest BCUT2D eigenvalue weighted by Crippen LogP contribution is 2.25. The molecule has 25 heavy (non-hydrogen) atoms. The van der Waals surface area contributed by atoms with Crippen molar-refractivity contribution in [1.82, 2.24) is 10.2 Å². The average molecular weight is 342 g/mol. The van der Waals surface area contributed by atoms with E-state index in [4.69, 9.17) is 11.5 Å². The van der Waals surface area contributed by atoms with E-state index in [1.807, 2.05) is 6.07 Å². The van der Waals surface area contributed by atoms with Gasteiger partial charge in [0.25, 0.3) is 5.91 Å². The molecule has 1 aromatic heterocycles. The Bertz CT molecular complexity index is 959. The summed E-state index contributed by atoms with van der Waals surface area (Å²) in [6.07, 6.45) is 1.57. The molecule has 1 amide bonds. The number of aromatic nitrogens is 2. The number of hydrogen-bond acceptors (Lipinski definition) is 4. The quantitative estimate of drug-likeness (QED) is 0.745. The smallest absolute Gasteiger partial charge is 0.271 e. The van der Waals surface area contributed by atoms with Crippen molar-refractivity contribution >= 4 is 22.5 Å². The Morgan fingerprint density at radius 2 is 1.68 bits per heavy atom. The molecule has 0 bridgehead atoms. The number of halogens is 2. The summed E-state index contributed by atoms with van der Waals surface area (Å²) in [6.45, 7) is 0. The van der Waals surface area contributed by atoms with Crippen molar-refractivity contribution in [2.75, 3.05) is 5.73 Å². The number of amides is 1. The van der Waals surface area contributed by atoms with Gasteiger partial charge < -0.3 is 11.5 Å². The van der Waals surface area contributed by atoms with Crippen molar-refractivity contribution in [3.63, 3.8) is 0 Å². The summed E-state index contributed by atoms with van der Waals surface area (Å²) < 4.78 is 26.9. The summed E-state index contributed by atoms with van der Waals surface area (Å²) in [4.78, 5) is 11.3. The number of benzene rings is 2. The van der Waals surface area contributed by atoms with Crippen LogP contribution in [0.25, 0.3) is 10.9 Å². The Hall–Kier alpha value is -3.09. The molecule has 0 atom stereocenters. The molecule has 5 nitrogen and oxygen atoms in total. The van der Waals surface area contributed by atoms with Crippen molar-refractivity contribution in [3.05, 3.63) is 64.9 Å². The lowest BCUT2D eigenvalue weighted by Gasteiger charge is -2.09. The Morgan fingerprint density at radius 1 is 1.00 bits per heavy atom. The molecule has 0 unspecified atom stereocenters. The van der Waals surface area contributed by atoms with Gasteiger partial charge in [-0.25, -0.2) is 8.78 Å². The van der Waals surface area contributed by atoms with Crippen LogP contribution in [-0.4, -0.2) is 16.1 Å². The Morgan fingerprint density at radius 3 is 2.44 bits per heavy atom. The molecule has 4 N–H and O–H groups in total. The first kappa shape index (κ1) is 16.8. The predicted molar refractivity (Wildman–Crippen MR) is 90.9 cm³/mol. The van der Waals surface area contributed by atoms with Crippen LogP contribution in [0.5, 0.6) is 0 Å². The fraction of sp³-hybridized carbons (Fsp3) is 0.167. The number of rotatable bonds is 5. The zero-order chi connectivity index (χ0) is 18.0. The second-order valence-corrected chi connectivity index (χ2v) is 5.71. The number of carbonyl (C=O) groups is 1. The minimum atomic E-state index is -0.847. The highest BCUT2D eigenvalue weighted by molar-refractivity contribution is 6.04. The minimum absolute atomic E-state index is 0.0634. The third-order valence-electron chi connectivity index (χ3n) is 4.07. The van der Waals surface area contributed by atoms with Gasteiger partial charge in [0, 0.05) is 5.39 Å². The van der Waals surface area contributed by atoms with Crippen LogP contribution in [0.1, 0.15) is 28.0 Å². The van der Waals surface area contributed by atoms with Crippen molar-refractivity contribution in [2.24, 2.45) is 5.73 Å². The van der Waals surface area contributed by atoms with Crippen molar-refractivity contribution in [1.29, 1.82) is 0 Å².